The molecule has 4 saturated carbocycles. The molecule has 0 heterocycles. The van der Waals surface area contributed by atoms with E-state index in [9.17, 15) is 4.79 Å². The summed E-state index contributed by atoms with van der Waals surface area (Å²) in [4.78, 5) is 12.5. The molecule has 4 aliphatic rings. The number of fused-ring (bicyclic) bond motifs is 9. The molecule has 2 nitrogen and oxygen atoms in total. The first-order chi connectivity index (χ1) is 10.5. The summed E-state index contributed by atoms with van der Waals surface area (Å²) in [6, 6.07) is 0. The van der Waals surface area contributed by atoms with Crippen LogP contribution in [0.4, 0.5) is 0 Å². The lowest BCUT2D eigenvalue weighted by molar-refractivity contribution is -0.185. The van der Waals surface area contributed by atoms with Gasteiger partial charge >= 0.3 is 5.97 Å². The lowest BCUT2D eigenvalue weighted by Gasteiger charge is -2.48. The van der Waals surface area contributed by atoms with Crippen molar-refractivity contribution in [2.45, 2.75) is 71.8 Å². The molecule has 4 fully saturated rings. The first kappa shape index (κ1) is 15.0. The van der Waals surface area contributed by atoms with E-state index in [1.54, 1.807) is 0 Å². The predicted octanol–water partition coefficient (Wildman–Crippen LogP) is 4.67. The van der Waals surface area contributed by atoms with Crippen molar-refractivity contribution in [3.05, 3.63) is 0 Å². The molecular weight excluding hydrogens is 272 g/mol. The minimum atomic E-state index is -0.142. The molecule has 4 bridgehead atoms. The highest BCUT2D eigenvalue weighted by molar-refractivity contribution is 5.72. The zero-order valence-corrected chi connectivity index (χ0v) is 14.7. The van der Waals surface area contributed by atoms with Gasteiger partial charge < -0.3 is 4.74 Å². The second-order valence-electron chi connectivity index (χ2n) is 9.13. The van der Waals surface area contributed by atoms with Crippen molar-refractivity contribution >= 4 is 5.97 Å². The van der Waals surface area contributed by atoms with E-state index < -0.39 is 0 Å². The molecule has 22 heavy (non-hydrogen) atoms. The third-order valence-electron chi connectivity index (χ3n) is 8.10. The molecule has 0 aromatic heterocycles. The third-order valence-corrected chi connectivity index (χ3v) is 8.10. The Kier molecular flexibility index (Phi) is 3.40. The smallest absolute Gasteiger partial charge is 0.309 e. The first-order valence-electron chi connectivity index (χ1n) is 9.70. The maximum atomic E-state index is 12.5. The summed E-state index contributed by atoms with van der Waals surface area (Å²) in [5, 5.41) is 0. The molecule has 0 saturated heterocycles. The fourth-order valence-electron chi connectivity index (χ4n) is 6.98. The molecule has 0 aromatic rings. The van der Waals surface area contributed by atoms with Gasteiger partial charge in [0.05, 0.1) is 5.92 Å². The summed E-state index contributed by atoms with van der Waals surface area (Å²) in [6.07, 6.45) is 7.79. The fourth-order valence-corrected chi connectivity index (χ4v) is 6.98. The molecule has 4 rings (SSSR count). The van der Waals surface area contributed by atoms with Crippen molar-refractivity contribution in [3.8, 4) is 0 Å². The highest BCUT2D eigenvalue weighted by Gasteiger charge is 2.69. The van der Waals surface area contributed by atoms with Crippen LogP contribution in [-0.2, 0) is 9.53 Å². The van der Waals surface area contributed by atoms with E-state index in [1.807, 2.05) is 6.92 Å². The summed E-state index contributed by atoms with van der Waals surface area (Å²) in [6.45, 7) is 8.67. The summed E-state index contributed by atoms with van der Waals surface area (Å²) < 4.78 is 6.32. The molecule has 8 unspecified atom stereocenters. The van der Waals surface area contributed by atoms with Crippen LogP contribution in [0.2, 0.25) is 0 Å². The predicted molar refractivity (Wildman–Crippen MR) is 87.1 cm³/mol. The Morgan fingerprint density at radius 1 is 1.09 bits per heavy atom. The van der Waals surface area contributed by atoms with E-state index in [-0.39, 0.29) is 17.5 Å². The van der Waals surface area contributed by atoms with Crippen LogP contribution in [0.15, 0.2) is 0 Å². The molecule has 124 valence electrons. The standard InChI is InChI=1S/C20H32O2/c1-5-12(4)19(21)22-20(11(2)3)10-15-9-16(20)18-14-7-6-13(8-14)17(15)18/h11-18H,5-10H2,1-4H3. The van der Waals surface area contributed by atoms with E-state index in [1.165, 1.54) is 25.7 Å². The third kappa shape index (κ3) is 1.82. The molecule has 0 amide bonds. The second-order valence-corrected chi connectivity index (χ2v) is 9.13. The minimum absolute atomic E-state index is 0.0468. The second kappa shape index (κ2) is 4.98. The Labute approximate surface area is 135 Å². The van der Waals surface area contributed by atoms with Gasteiger partial charge in [0.1, 0.15) is 5.60 Å². The Morgan fingerprint density at radius 2 is 1.77 bits per heavy atom. The lowest BCUT2D eigenvalue weighted by atomic mass is 9.63. The number of rotatable bonds is 4. The molecule has 0 N–H and O–H groups in total. The normalized spacial score (nSPS) is 49.7. The zero-order chi connectivity index (χ0) is 15.6. The maximum absolute atomic E-state index is 12.5. The lowest BCUT2D eigenvalue weighted by Crippen LogP contribution is -2.51. The van der Waals surface area contributed by atoms with Crippen LogP contribution in [0, 0.1) is 47.3 Å². The SMILES string of the molecule is CCC(C)C(=O)OC1(C(C)C)CC2CC1C1C3CCC(C3)C21. The van der Waals surface area contributed by atoms with Crippen LogP contribution in [0.5, 0.6) is 0 Å². The number of esters is 1. The van der Waals surface area contributed by atoms with Crippen LogP contribution in [0.25, 0.3) is 0 Å². The van der Waals surface area contributed by atoms with Gasteiger partial charge in [-0.05, 0) is 74.0 Å². The van der Waals surface area contributed by atoms with E-state index in [4.69, 9.17) is 4.74 Å². The summed E-state index contributed by atoms with van der Waals surface area (Å²) in [5.41, 5.74) is -0.142. The Morgan fingerprint density at radius 3 is 2.41 bits per heavy atom. The van der Waals surface area contributed by atoms with Gasteiger partial charge in [0, 0.05) is 5.92 Å². The summed E-state index contributed by atoms with van der Waals surface area (Å²) >= 11 is 0. The van der Waals surface area contributed by atoms with E-state index in [0.29, 0.717) is 11.8 Å². The van der Waals surface area contributed by atoms with E-state index >= 15 is 0 Å². The van der Waals surface area contributed by atoms with Gasteiger partial charge in [-0.3, -0.25) is 4.79 Å². The molecule has 4 aliphatic carbocycles. The quantitative estimate of drug-likeness (QED) is 0.557. The van der Waals surface area contributed by atoms with Gasteiger partial charge in [0.2, 0.25) is 0 Å². The van der Waals surface area contributed by atoms with Crippen LogP contribution in [-0.4, -0.2) is 11.6 Å². The number of hydrogen-bond acceptors (Lipinski definition) is 2. The van der Waals surface area contributed by atoms with E-state index in [2.05, 4.69) is 20.8 Å². The highest BCUT2D eigenvalue weighted by Crippen LogP contribution is 2.71. The molecule has 0 spiro atoms. The Bertz CT molecular complexity index is 470. The van der Waals surface area contributed by atoms with Crippen molar-refractivity contribution in [1.29, 1.82) is 0 Å². The topological polar surface area (TPSA) is 26.3 Å². The Hall–Kier alpha value is -0.530. The van der Waals surface area contributed by atoms with Crippen molar-refractivity contribution in [2.24, 2.45) is 47.3 Å². The highest BCUT2D eigenvalue weighted by atomic mass is 16.6. The largest absolute Gasteiger partial charge is 0.458 e. The molecule has 0 aromatic carbocycles. The van der Waals surface area contributed by atoms with Crippen molar-refractivity contribution in [3.63, 3.8) is 0 Å². The molecule has 8 atom stereocenters. The summed E-state index contributed by atoms with van der Waals surface area (Å²) in [7, 11) is 0. The number of ether oxygens (including phenoxy) is 1. The first-order valence-corrected chi connectivity index (χ1v) is 9.70. The number of carbonyl (C=O) groups excluding carboxylic acids is 1. The fraction of sp³-hybridized carbons (Fsp3) is 0.950. The van der Waals surface area contributed by atoms with Crippen LogP contribution < -0.4 is 0 Å². The number of hydrogen-bond donors (Lipinski definition) is 0. The van der Waals surface area contributed by atoms with Crippen molar-refractivity contribution in [2.75, 3.05) is 0 Å². The van der Waals surface area contributed by atoms with Gasteiger partial charge in [-0.15, -0.1) is 0 Å². The molecule has 0 radical (unpaired) electrons. The number of carbonyl (C=O) groups is 1. The van der Waals surface area contributed by atoms with Gasteiger partial charge in [0.15, 0.2) is 0 Å². The van der Waals surface area contributed by atoms with Crippen LogP contribution >= 0.6 is 0 Å². The Balaban J connectivity index is 1.61. The van der Waals surface area contributed by atoms with Crippen molar-refractivity contribution < 1.29 is 9.53 Å². The van der Waals surface area contributed by atoms with Crippen LogP contribution in [0.1, 0.15) is 66.2 Å². The zero-order valence-electron chi connectivity index (χ0n) is 14.7. The van der Waals surface area contributed by atoms with Crippen LogP contribution in [0.3, 0.4) is 0 Å². The van der Waals surface area contributed by atoms with Crippen molar-refractivity contribution in [1.82, 2.24) is 0 Å². The van der Waals surface area contributed by atoms with Gasteiger partial charge in [-0.1, -0.05) is 27.7 Å². The van der Waals surface area contributed by atoms with Gasteiger partial charge in [-0.25, -0.2) is 0 Å². The van der Waals surface area contributed by atoms with Gasteiger partial charge in [-0.2, -0.15) is 0 Å². The monoisotopic (exact) mass is 304 g/mol. The molecule has 2 heteroatoms. The maximum Gasteiger partial charge on any atom is 0.309 e. The minimum Gasteiger partial charge on any atom is -0.458 e. The molecular formula is C20H32O2. The van der Waals surface area contributed by atoms with Gasteiger partial charge in [0.25, 0.3) is 0 Å². The molecule has 0 aliphatic heterocycles. The average molecular weight is 304 g/mol. The van der Waals surface area contributed by atoms with E-state index in [0.717, 1.165) is 42.4 Å². The summed E-state index contributed by atoms with van der Waals surface area (Å²) in [5.74, 6) is 5.89. The average Bonchev–Trinajstić information content (AvgIpc) is 3.23.